The molecule has 5 nitrogen and oxygen atoms in total. The summed E-state index contributed by atoms with van der Waals surface area (Å²) in [5.41, 5.74) is 0. The van der Waals surface area contributed by atoms with Gasteiger partial charge < -0.3 is 21.1 Å². The molecule has 0 unspecified atom stereocenters. The van der Waals surface area contributed by atoms with Gasteiger partial charge in [0.05, 0.1) is 6.10 Å². The van der Waals surface area contributed by atoms with Crippen LogP contribution in [0.3, 0.4) is 0 Å². The van der Waals surface area contributed by atoms with Crippen LogP contribution in [0, 0.1) is 17.8 Å². The Morgan fingerprint density at radius 3 is 2.39 bits per heavy atom. The number of nitrogens with one attached hydrogen (secondary N) is 3. The first-order valence-corrected chi connectivity index (χ1v) is 9.65. The molecule has 132 valence electrons. The normalized spacial score (nSPS) is 31.2. The van der Waals surface area contributed by atoms with Crippen LogP contribution in [-0.2, 0) is 0 Å². The summed E-state index contributed by atoms with van der Waals surface area (Å²) in [4.78, 5) is 12.4. The summed E-state index contributed by atoms with van der Waals surface area (Å²) in [5, 5.41) is 19.4. The lowest BCUT2D eigenvalue weighted by Crippen LogP contribution is -2.55. The molecule has 2 aliphatic carbocycles. The Hall–Kier alpha value is -0.810. The van der Waals surface area contributed by atoms with Crippen molar-refractivity contribution in [2.45, 2.75) is 69.9 Å². The van der Waals surface area contributed by atoms with Gasteiger partial charge in [0.1, 0.15) is 0 Å². The van der Waals surface area contributed by atoms with Crippen molar-refractivity contribution in [2.75, 3.05) is 19.6 Å². The van der Waals surface area contributed by atoms with Crippen LogP contribution in [0.4, 0.5) is 4.79 Å². The SMILES string of the molecule is O=C(NCC1CCCCC1)N[C@H](C1CCNCC1)C1CC(O)C1. The first-order valence-electron chi connectivity index (χ1n) is 9.65. The Labute approximate surface area is 140 Å². The van der Waals surface area contributed by atoms with Crippen LogP contribution in [0.5, 0.6) is 0 Å². The summed E-state index contributed by atoms with van der Waals surface area (Å²) in [6, 6.07) is 0.229. The summed E-state index contributed by atoms with van der Waals surface area (Å²) in [6.45, 7) is 2.90. The van der Waals surface area contributed by atoms with E-state index < -0.39 is 0 Å². The molecule has 4 N–H and O–H groups in total. The minimum absolute atomic E-state index is 0.000459. The highest BCUT2D eigenvalue weighted by atomic mass is 16.3. The van der Waals surface area contributed by atoms with E-state index in [1.807, 2.05) is 0 Å². The van der Waals surface area contributed by atoms with E-state index in [1.165, 1.54) is 32.1 Å². The smallest absolute Gasteiger partial charge is 0.315 e. The minimum atomic E-state index is -0.156. The predicted octanol–water partition coefficient (Wildman–Crippen LogP) is 2.00. The van der Waals surface area contributed by atoms with Gasteiger partial charge in [-0.25, -0.2) is 4.79 Å². The Balaban J connectivity index is 1.47. The molecule has 2 amide bonds. The zero-order valence-corrected chi connectivity index (χ0v) is 14.2. The van der Waals surface area contributed by atoms with Gasteiger partial charge in [0.2, 0.25) is 0 Å². The molecule has 1 heterocycles. The van der Waals surface area contributed by atoms with E-state index in [0.717, 1.165) is 45.3 Å². The molecule has 5 heteroatoms. The van der Waals surface area contributed by atoms with Crippen molar-refractivity contribution in [3.05, 3.63) is 0 Å². The van der Waals surface area contributed by atoms with Gasteiger partial charge in [-0.1, -0.05) is 19.3 Å². The van der Waals surface area contributed by atoms with E-state index in [1.54, 1.807) is 0 Å². The fourth-order valence-corrected chi connectivity index (χ4v) is 4.58. The van der Waals surface area contributed by atoms with E-state index in [2.05, 4.69) is 16.0 Å². The first-order chi connectivity index (χ1) is 11.2. The lowest BCUT2D eigenvalue weighted by Gasteiger charge is -2.43. The third-order valence-electron chi connectivity index (χ3n) is 6.12. The molecule has 1 atom stereocenters. The predicted molar refractivity (Wildman–Crippen MR) is 91.2 cm³/mol. The van der Waals surface area contributed by atoms with Crippen LogP contribution in [0.25, 0.3) is 0 Å². The average molecular weight is 323 g/mol. The first kappa shape index (κ1) is 17.0. The van der Waals surface area contributed by atoms with E-state index in [0.29, 0.717) is 17.8 Å². The second-order valence-corrected chi connectivity index (χ2v) is 7.86. The van der Waals surface area contributed by atoms with Crippen molar-refractivity contribution >= 4 is 6.03 Å². The van der Waals surface area contributed by atoms with Crippen molar-refractivity contribution in [1.29, 1.82) is 0 Å². The van der Waals surface area contributed by atoms with E-state index in [4.69, 9.17) is 0 Å². The number of urea groups is 1. The third-order valence-corrected chi connectivity index (χ3v) is 6.12. The topological polar surface area (TPSA) is 73.4 Å². The zero-order chi connectivity index (χ0) is 16.1. The van der Waals surface area contributed by atoms with Crippen LogP contribution >= 0.6 is 0 Å². The van der Waals surface area contributed by atoms with Crippen LogP contribution in [-0.4, -0.2) is 42.9 Å². The maximum absolute atomic E-state index is 12.4. The molecule has 0 aromatic heterocycles. The van der Waals surface area contributed by atoms with E-state index in [9.17, 15) is 9.90 Å². The fourth-order valence-electron chi connectivity index (χ4n) is 4.58. The van der Waals surface area contributed by atoms with Gasteiger partial charge in [0.25, 0.3) is 0 Å². The van der Waals surface area contributed by atoms with E-state index >= 15 is 0 Å². The maximum atomic E-state index is 12.4. The van der Waals surface area contributed by atoms with Gasteiger partial charge in [0.15, 0.2) is 0 Å². The number of amides is 2. The number of rotatable bonds is 5. The number of piperidine rings is 1. The molecule has 1 saturated heterocycles. The average Bonchev–Trinajstić information content (AvgIpc) is 2.57. The summed E-state index contributed by atoms with van der Waals surface area (Å²) in [7, 11) is 0. The van der Waals surface area contributed by atoms with Gasteiger partial charge in [0, 0.05) is 12.6 Å². The lowest BCUT2D eigenvalue weighted by molar-refractivity contribution is 0.0116. The van der Waals surface area contributed by atoms with Crippen molar-refractivity contribution < 1.29 is 9.90 Å². The van der Waals surface area contributed by atoms with Crippen molar-refractivity contribution in [1.82, 2.24) is 16.0 Å². The van der Waals surface area contributed by atoms with Crippen LogP contribution in [0.15, 0.2) is 0 Å². The Bertz CT molecular complexity index is 372. The molecule has 3 fully saturated rings. The highest BCUT2D eigenvalue weighted by Crippen LogP contribution is 2.35. The summed E-state index contributed by atoms with van der Waals surface area (Å²) >= 11 is 0. The Kier molecular flexibility index (Phi) is 6.17. The molecule has 2 saturated carbocycles. The molecule has 0 aromatic rings. The molecule has 23 heavy (non-hydrogen) atoms. The number of hydrogen-bond donors (Lipinski definition) is 4. The summed E-state index contributed by atoms with van der Waals surface area (Å²) in [5.74, 6) is 1.67. The van der Waals surface area contributed by atoms with Crippen LogP contribution < -0.4 is 16.0 Å². The molecule has 0 aromatic carbocycles. The largest absolute Gasteiger partial charge is 0.393 e. The maximum Gasteiger partial charge on any atom is 0.315 e. The molecule has 0 spiro atoms. The van der Waals surface area contributed by atoms with Gasteiger partial charge >= 0.3 is 6.03 Å². The molecule has 0 bridgehead atoms. The number of hydrogen-bond acceptors (Lipinski definition) is 3. The van der Waals surface area contributed by atoms with Crippen molar-refractivity contribution in [3.8, 4) is 0 Å². The zero-order valence-electron chi connectivity index (χ0n) is 14.2. The standard InChI is InChI=1S/C18H33N3O2/c22-16-10-15(11-16)17(14-6-8-19-9-7-14)21-18(23)20-12-13-4-2-1-3-5-13/h13-17,19,22H,1-12H2,(H2,20,21,23)/t15?,16?,17-/m1/s1. The number of aliphatic hydroxyl groups is 1. The highest BCUT2D eigenvalue weighted by Gasteiger charge is 2.39. The minimum Gasteiger partial charge on any atom is -0.393 e. The molecule has 3 rings (SSSR count). The lowest BCUT2D eigenvalue weighted by atomic mass is 9.71. The molecular weight excluding hydrogens is 290 g/mol. The molecule has 3 aliphatic rings. The summed E-state index contributed by atoms with van der Waals surface area (Å²) in [6.07, 6.45) is 10.3. The Morgan fingerprint density at radius 1 is 1.04 bits per heavy atom. The second-order valence-electron chi connectivity index (χ2n) is 7.86. The van der Waals surface area contributed by atoms with Crippen molar-refractivity contribution in [2.24, 2.45) is 17.8 Å². The van der Waals surface area contributed by atoms with Crippen molar-refractivity contribution in [3.63, 3.8) is 0 Å². The monoisotopic (exact) mass is 323 g/mol. The van der Waals surface area contributed by atoms with E-state index in [-0.39, 0.29) is 18.2 Å². The third kappa shape index (κ3) is 4.83. The molecule has 0 radical (unpaired) electrons. The summed E-state index contributed by atoms with van der Waals surface area (Å²) < 4.78 is 0. The quantitative estimate of drug-likeness (QED) is 0.625. The van der Waals surface area contributed by atoms with Crippen LogP contribution in [0.2, 0.25) is 0 Å². The molecular formula is C18H33N3O2. The second kappa shape index (κ2) is 8.34. The number of carbonyl (C=O) groups is 1. The van der Waals surface area contributed by atoms with Gasteiger partial charge in [-0.15, -0.1) is 0 Å². The van der Waals surface area contributed by atoms with Gasteiger partial charge in [-0.3, -0.25) is 0 Å². The van der Waals surface area contributed by atoms with Gasteiger partial charge in [-0.05, 0) is 69.4 Å². The Morgan fingerprint density at radius 2 is 1.74 bits per heavy atom. The van der Waals surface area contributed by atoms with Crippen LogP contribution in [0.1, 0.15) is 57.8 Å². The number of carbonyl (C=O) groups excluding carboxylic acids is 1. The number of aliphatic hydroxyl groups excluding tert-OH is 1. The molecule has 1 aliphatic heterocycles. The highest BCUT2D eigenvalue weighted by molar-refractivity contribution is 5.74. The fraction of sp³-hybridized carbons (Fsp3) is 0.944. The van der Waals surface area contributed by atoms with Gasteiger partial charge in [-0.2, -0.15) is 0 Å².